The molecule has 1 aromatic carbocycles. The van der Waals surface area contributed by atoms with Crippen LogP contribution in [-0.4, -0.2) is 4.98 Å². The molecule has 1 heterocycles. The van der Waals surface area contributed by atoms with E-state index in [1.54, 1.807) is 5.32 Å². The van der Waals surface area contributed by atoms with E-state index in [1.165, 1.54) is 0 Å². The van der Waals surface area contributed by atoms with Crippen molar-refractivity contribution in [3.05, 3.63) is 53.4 Å². The fourth-order valence-corrected chi connectivity index (χ4v) is 1.32. The van der Waals surface area contributed by atoms with Crippen molar-refractivity contribution in [2.75, 3.05) is 5.32 Å². The summed E-state index contributed by atoms with van der Waals surface area (Å²) < 4.78 is 78.0. The molecule has 100 valence electrons. The van der Waals surface area contributed by atoms with Crippen LogP contribution in [0.5, 0.6) is 0 Å². The molecule has 0 amide bonds. The number of rotatable bonds is 2. The average molecular weight is 278 g/mol. The maximum absolute atomic E-state index is 13.3. The molecule has 0 aliphatic rings. The van der Waals surface area contributed by atoms with Gasteiger partial charge in [0.1, 0.15) is 17.3 Å². The van der Waals surface area contributed by atoms with Gasteiger partial charge in [0.2, 0.25) is 11.6 Å². The summed E-state index contributed by atoms with van der Waals surface area (Å²) in [7, 11) is 0. The normalized spacial score (nSPS) is 10.6. The van der Waals surface area contributed by atoms with Crippen molar-refractivity contribution in [1.29, 1.82) is 0 Å². The zero-order valence-electron chi connectivity index (χ0n) is 8.95. The number of hydrogen-bond acceptors (Lipinski definition) is 2. The van der Waals surface area contributed by atoms with E-state index in [-0.39, 0.29) is 0 Å². The predicted molar refractivity (Wildman–Crippen MR) is 53.7 cm³/mol. The standard InChI is InChI=1S/C11H4F6N2/c12-4-1-2-6(5(13)3-4)18-9-7(14)10(16)19-11(17)8(9)15/h1-3H,(H,18,19). The Kier molecular flexibility index (Phi) is 3.32. The molecule has 0 spiro atoms. The molecule has 1 N–H and O–H groups in total. The van der Waals surface area contributed by atoms with Crippen LogP contribution >= 0.6 is 0 Å². The van der Waals surface area contributed by atoms with Gasteiger partial charge in [-0.25, -0.2) is 8.78 Å². The smallest absolute Gasteiger partial charge is 0.253 e. The predicted octanol–water partition coefficient (Wildman–Crippen LogP) is 3.66. The maximum Gasteiger partial charge on any atom is 0.253 e. The Bertz CT molecular complexity index is 617. The number of hydrogen-bond donors (Lipinski definition) is 1. The summed E-state index contributed by atoms with van der Waals surface area (Å²) in [5, 5.41) is 1.81. The highest BCUT2D eigenvalue weighted by atomic mass is 19.2. The molecule has 0 saturated carbocycles. The van der Waals surface area contributed by atoms with Crippen LogP contribution in [0.3, 0.4) is 0 Å². The van der Waals surface area contributed by atoms with Gasteiger partial charge in [0.15, 0.2) is 0 Å². The lowest BCUT2D eigenvalue weighted by atomic mass is 10.2. The maximum atomic E-state index is 13.3. The van der Waals surface area contributed by atoms with Crippen LogP contribution in [0.15, 0.2) is 18.2 Å². The quantitative estimate of drug-likeness (QED) is 0.670. The molecular weight excluding hydrogens is 274 g/mol. The summed E-state index contributed by atoms with van der Waals surface area (Å²) in [4.78, 5) is 2.33. The van der Waals surface area contributed by atoms with Crippen molar-refractivity contribution in [3.8, 4) is 0 Å². The third-order valence-electron chi connectivity index (χ3n) is 2.19. The topological polar surface area (TPSA) is 24.9 Å². The van der Waals surface area contributed by atoms with Crippen molar-refractivity contribution < 1.29 is 26.3 Å². The summed E-state index contributed by atoms with van der Waals surface area (Å²) in [6.07, 6.45) is 0. The number of anilines is 2. The number of pyridine rings is 1. The van der Waals surface area contributed by atoms with Gasteiger partial charge in [0.05, 0.1) is 5.69 Å². The van der Waals surface area contributed by atoms with E-state index in [1.807, 2.05) is 0 Å². The molecule has 0 bridgehead atoms. The first-order chi connectivity index (χ1) is 8.90. The molecule has 0 unspecified atom stereocenters. The molecular formula is C11H4F6N2. The van der Waals surface area contributed by atoms with Crippen molar-refractivity contribution >= 4 is 11.4 Å². The van der Waals surface area contributed by atoms with Crippen molar-refractivity contribution in [2.45, 2.75) is 0 Å². The molecule has 0 saturated heterocycles. The summed E-state index contributed by atoms with van der Waals surface area (Å²) in [6.45, 7) is 0. The second-order valence-corrected chi connectivity index (χ2v) is 3.45. The Balaban J connectivity index is 2.49. The van der Waals surface area contributed by atoms with Crippen LogP contribution in [0.1, 0.15) is 0 Å². The van der Waals surface area contributed by atoms with E-state index in [0.29, 0.717) is 6.07 Å². The summed E-state index contributed by atoms with van der Waals surface area (Å²) >= 11 is 0. The molecule has 0 radical (unpaired) electrons. The Hall–Kier alpha value is -2.25. The molecule has 0 atom stereocenters. The third-order valence-corrected chi connectivity index (χ3v) is 2.19. The van der Waals surface area contributed by atoms with Crippen LogP contribution < -0.4 is 5.32 Å². The number of benzene rings is 1. The molecule has 2 nitrogen and oxygen atoms in total. The van der Waals surface area contributed by atoms with Gasteiger partial charge in [-0.05, 0) is 12.1 Å². The van der Waals surface area contributed by atoms with Gasteiger partial charge >= 0.3 is 0 Å². The number of halogens is 6. The van der Waals surface area contributed by atoms with E-state index >= 15 is 0 Å². The monoisotopic (exact) mass is 278 g/mol. The fraction of sp³-hybridized carbons (Fsp3) is 0. The minimum Gasteiger partial charge on any atom is -0.348 e. The van der Waals surface area contributed by atoms with E-state index in [4.69, 9.17) is 0 Å². The molecule has 2 aromatic rings. The lowest BCUT2D eigenvalue weighted by Crippen LogP contribution is -2.07. The highest BCUT2D eigenvalue weighted by molar-refractivity contribution is 5.61. The Morgan fingerprint density at radius 3 is 1.95 bits per heavy atom. The minimum absolute atomic E-state index is 0.437. The molecule has 8 heteroatoms. The minimum atomic E-state index is -1.89. The highest BCUT2D eigenvalue weighted by Gasteiger charge is 2.21. The van der Waals surface area contributed by atoms with E-state index in [9.17, 15) is 26.3 Å². The second-order valence-electron chi connectivity index (χ2n) is 3.45. The number of nitrogens with one attached hydrogen (secondary N) is 1. The first kappa shape index (κ1) is 13.2. The Morgan fingerprint density at radius 1 is 0.842 bits per heavy atom. The van der Waals surface area contributed by atoms with E-state index < -0.39 is 46.5 Å². The van der Waals surface area contributed by atoms with Crippen molar-refractivity contribution in [1.82, 2.24) is 4.98 Å². The van der Waals surface area contributed by atoms with E-state index in [2.05, 4.69) is 4.98 Å². The van der Waals surface area contributed by atoms with Gasteiger partial charge in [-0.15, -0.1) is 0 Å². The SMILES string of the molecule is Fc1ccc(Nc2c(F)c(F)nc(F)c2F)c(F)c1. The lowest BCUT2D eigenvalue weighted by molar-refractivity contribution is 0.411. The molecule has 19 heavy (non-hydrogen) atoms. The molecule has 0 aliphatic heterocycles. The van der Waals surface area contributed by atoms with Crippen LogP contribution in [0.25, 0.3) is 0 Å². The Morgan fingerprint density at radius 2 is 1.42 bits per heavy atom. The first-order valence-electron chi connectivity index (χ1n) is 4.82. The van der Waals surface area contributed by atoms with E-state index in [0.717, 1.165) is 12.1 Å². The summed E-state index contributed by atoms with van der Waals surface area (Å²) in [6, 6.07) is 2.06. The summed E-state index contributed by atoms with van der Waals surface area (Å²) in [5.41, 5.74) is -1.81. The van der Waals surface area contributed by atoms with Gasteiger partial charge in [-0.3, -0.25) is 0 Å². The van der Waals surface area contributed by atoms with Gasteiger partial charge in [-0.1, -0.05) is 0 Å². The fourth-order valence-electron chi connectivity index (χ4n) is 1.32. The average Bonchev–Trinajstić information content (AvgIpc) is 2.34. The third kappa shape index (κ3) is 2.47. The van der Waals surface area contributed by atoms with Crippen LogP contribution in [0, 0.1) is 35.2 Å². The van der Waals surface area contributed by atoms with Gasteiger partial charge in [0.25, 0.3) is 11.9 Å². The highest BCUT2D eigenvalue weighted by Crippen LogP contribution is 2.27. The van der Waals surface area contributed by atoms with Gasteiger partial charge in [0, 0.05) is 6.07 Å². The van der Waals surface area contributed by atoms with Crippen molar-refractivity contribution in [2.24, 2.45) is 0 Å². The van der Waals surface area contributed by atoms with Crippen LogP contribution in [0.4, 0.5) is 37.7 Å². The van der Waals surface area contributed by atoms with Crippen LogP contribution in [-0.2, 0) is 0 Å². The first-order valence-corrected chi connectivity index (χ1v) is 4.82. The van der Waals surface area contributed by atoms with Gasteiger partial charge < -0.3 is 5.32 Å². The second kappa shape index (κ2) is 4.79. The van der Waals surface area contributed by atoms with Gasteiger partial charge in [-0.2, -0.15) is 22.5 Å². The van der Waals surface area contributed by atoms with Crippen LogP contribution in [0.2, 0.25) is 0 Å². The molecule has 1 aromatic heterocycles. The molecule has 0 aliphatic carbocycles. The molecule has 0 fully saturated rings. The van der Waals surface area contributed by atoms with Crippen molar-refractivity contribution in [3.63, 3.8) is 0 Å². The Labute approximate surface area is 102 Å². The number of aromatic nitrogens is 1. The zero-order valence-corrected chi connectivity index (χ0v) is 8.95. The summed E-state index contributed by atoms with van der Waals surface area (Å²) in [5.74, 6) is -9.51. The number of nitrogens with zero attached hydrogens (tertiary/aromatic N) is 1. The largest absolute Gasteiger partial charge is 0.348 e. The lowest BCUT2D eigenvalue weighted by Gasteiger charge is -2.10. The zero-order chi connectivity index (χ0) is 14.2. The molecule has 2 rings (SSSR count).